The van der Waals surface area contributed by atoms with Crippen LogP contribution in [0.25, 0.3) is 10.9 Å². The molecule has 1 heterocycles. The van der Waals surface area contributed by atoms with Gasteiger partial charge in [-0.2, -0.15) is 0 Å². The molecule has 0 aliphatic rings. The molecule has 0 saturated carbocycles. The highest BCUT2D eigenvalue weighted by Gasteiger charge is 2.09. The molecule has 0 spiro atoms. The summed E-state index contributed by atoms with van der Waals surface area (Å²) in [6.45, 7) is 4.34. The van der Waals surface area contributed by atoms with Crippen LogP contribution in [0.15, 0.2) is 24.4 Å². The van der Waals surface area contributed by atoms with E-state index in [1.807, 2.05) is 25.2 Å². The van der Waals surface area contributed by atoms with E-state index >= 15 is 0 Å². The van der Waals surface area contributed by atoms with Crippen molar-refractivity contribution < 1.29 is 4.79 Å². The molecule has 2 nitrogen and oxygen atoms in total. The summed E-state index contributed by atoms with van der Waals surface area (Å²) in [5, 5.41) is 1.19. The first-order chi connectivity index (χ1) is 7.13. The number of benzene rings is 1. The average Bonchev–Trinajstić information content (AvgIpc) is 2.56. The van der Waals surface area contributed by atoms with Crippen LogP contribution in [0.3, 0.4) is 0 Å². The summed E-state index contributed by atoms with van der Waals surface area (Å²) in [4.78, 5) is 10.7. The Kier molecular flexibility index (Phi) is 2.35. The smallest absolute Gasteiger partial charge is 0.150 e. The quantitative estimate of drug-likeness (QED) is 0.684. The molecule has 0 bridgehead atoms. The molecule has 0 amide bonds. The fourth-order valence-corrected chi connectivity index (χ4v) is 1.97. The summed E-state index contributed by atoms with van der Waals surface area (Å²) in [5.74, 6) is 0.482. The largest absolute Gasteiger partial charge is 0.350 e. The van der Waals surface area contributed by atoms with E-state index in [9.17, 15) is 4.79 Å². The van der Waals surface area contributed by atoms with Crippen LogP contribution < -0.4 is 0 Å². The lowest BCUT2D eigenvalue weighted by molar-refractivity contribution is 0.112. The molecule has 78 valence electrons. The Morgan fingerprint density at radius 3 is 2.67 bits per heavy atom. The van der Waals surface area contributed by atoms with Gasteiger partial charge in [0.25, 0.3) is 0 Å². The number of rotatable bonds is 2. The Morgan fingerprint density at radius 1 is 1.33 bits per heavy atom. The van der Waals surface area contributed by atoms with Gasteiger partial charge in [0, 0.05) is 29.7 Å². The molecule has 0 fully saturated rings. The number of hydrogen-bond donors (Lipinski definition) is 0. The van der Waals surface area contributed by atoms with Crippen LogP contribution in [-0.2, 0) is 7.05 Å². The molecule has 0 atom stereocenters. The third-order valence-electron chi connectivity index (χ3n) is 2.80. The minimum atomic E-state index is 0.482. The Labute approximate surface area is 89.5 Å². The molecule has 15 heavy (non-hydrogen) atoms. The lowest BCUT2D eigenvalue weighted by atomic mass is 10.0. The minimum absolute atomic E-state index is 0.482. The summed E-state index contributed by atoms with van der Waals surface area (Å²) in [6, 6.07) is 5.84. The second-order valence-corrected chi connectivity index (χ2v) is 4.24. The summed E-state index contributed by atoms with van der Waals surface area (Å²) in [7, 11) is 2.04. The molecule has 0 unspecified atom stereocenters. The van der Waals surface area contributed by atoms with Crippen LogP contribution in [0.1, 0.15) is 35.7 Å². The van der Waals surface area contributed by atoms with Crippen LogP contribution in [0.5, 0.6) is 0 Å². The first-order valence-electron chi connectivity index (χ1n) is 5.17. The third-order valence-corrected chi connectivity index (χ3v) is 2.80. The number of carbonyl (C=O) groups is 1. The second-order valence-electron chi connectivity index (χ2n) is 4.24. The highest BCUT2D eigenvalue weighted by molar-refractivity contribution is 5.90. The van der Waals surface area contributed by atoms with Crippen molar-refractivity contribution in [3.8, 4) is 0 Å². The van der Waals surface area contributed by atoms with Crippen LogP contribution in [0.2, 0.25) is 0 Å². The van der Waals surface area contributed by atoms with Gasteiger partial charge in [0.15, 0.2) is 0 Å². The van der Waals surface area contributed by atoms with E-state index < -0.39 is 0 Å². The number of aromatic nitrogens is 1. The standard InChI is InChI=1S/C13H15NO/c1-9(2)12-7-14(3)13-5-4-10(8-15)6-11(12)13/h4-9H,1-3H3. The van der Waals surface area contributed by atoms with Crippen LogP contribution in [0, 0.1) is 0 Å². The van der Waals surface area contributed by atoms with Crippen LogP contribution in [-0.4, -0.2) is 10.9 Å². The van der Waals surface area contributed by atoms with Crippen molar-refractivity contribution in [2.45, 2.75) is 19.8 Å². The Morgan fingerprint density at radius 2 is 2.07 bits per heavy atom. The molecule has 2 aromatic rings. The van der Waals surface area contributed by atoms with E-state index in [2.05, 4.69) is 24.6 Å². The summed E-state index contributed by atoms with van der Waals surface area (Å²) in [6.07, 6.45) is 3.04. The van der Waals surface area contributed by atoms with Gasteiger partial charge >= 0.3 is 0 Å². The van der Waals surface area contributed by atoms with E-state index in [0.717, 1.165) is 11.8 Å². The fraction of sp³-hybridized carbons (Fsp3) is 0.308. The van der Waals surface area contributed by atoms with Gasteiger partial charge in [-0.25, -0.2) is 0 Å². The normalized spacial score (nSPS) is 11.2. The maximum atomic E-state index is 10.7. The van der Waals surface area contributed by atoms with Crippen LogP contribution >= 0.6 is 0 Å². The van der Waals surface area contributed by atoms with Crippen molar-refractivity contribution in [3.63, 3.8) is 0 Å². The van der Waals surface area contributed by atoms with Gasteiger partial charge in [0.05, 0.1) is 0 Å². The number of hydrogen-bond acceptors (Lipinski definition) is 1. The van der Waals surface area contributed by atoms with Crippen molar-refractivity contribution in [2.75, 3.05) is 0 Å². The maximum Gasteiger partial charge on any atom is 0.150 e. The number of aryl methyl sites for hydroxylation is 1. The minimum Gasteiger partial charge on any atom is -0.350 e. The molecule has 2 rings (SSSR count). The van der Waals surface area contributed by atoms with Gasteiger partial charge in [-0.05, 0) is 29.7 Å². The van der Waals surface area contributed by atoms with Gasteiger partial charge in [-0.3, -0.25) is 4.79 Å². The van der Waals surface area contributed by atoms with E-state index in [4.69, 9.17) is 0 Å². The molecule has 0 N–H and O–H groups in total. The second kappa shape index (κ2) is 3.54. The zero-order valence-corrected chi connectivity index (χ0v) is 9.32. The predicted molar refractivity (Wildman–Crippen MR) is 62.4 cm³/mol. The van der Waals surface area contributed by atoms with Gasteiger partial charge in [0.1, 0.15) is 6.29 Å². The first-order valence-corrected chi connectivity index (χ1v) is 5.17. The molecule has 0 aliphatic carbocycles. The molecule has 0 saturated heterocycles. The molecular weight excluding hydrogens is 186 g/mol. The molecule has 1 aromatic carbocycles. The molecule has 1 aromatic heterocycles. The number of carbonyl (C=O) groups excluding carboxylic acids is 1. The van der Waals surface area contributed by atoms with E-state index in [1.165, 1.54) is 16.5 Å². The van der Waals surface area contributed by atoms with E-state index in [-0.39, 0.29) is 0 Å². The van der Waals surface area contributed by atoms with Gasteiger partial charge in [-0.15, -0.1) is 0 Å². The monoisotopic (exact) mass is 201 g/mol. The molecule has 0 radical (unpaired) electrons. The van der Waals surface area contributed by atoms with Crippen molar-refractivity contribution in [1.29, 1.82) is 0 Å². The van der Waals surface area contributed by atoms with E-state index in [1.54, 1.807) is 0 Å². The van der Waals surface area contributed by atoms with Crippen molar-refractivity contribution in [3.05, 3.63) is 35.5 Å². The van der Waals surface area contributed by atoms with Crippen molar-refractivity contribution in [2.24, 2.45) is 7.05 Å². The van der Waals surface area contributed by atoms with Gasteiger partial charge in [-0.1, -0.05) is 13.8 Å². The number of aldehydes is 1. The number of fused-ring (bicyclic) bond motifs is 1. The highest BCUT2D eigenvalue weighted by atomic mass is 16.1. The Bertz CT molecular complexity index is 508. The first kappa shape index (κ1) is 9.97. The summed E-state index contributed by atoms with van der Waals surface area (Å²) >= 11 is 0. The Hall–Kier alpha value is -1.57. The SMILES string of the molecule is CC(C)c1cn(C)c2ccc(C=O)cc12. The topological polar surface area (TPSA) is 22.0 Å². The van der Waals surface area contributed by atoms with Gasteiger partial charge in [0.2, 0.25) is 0 Å². The Balaban J connectivity index is 2.77. The lowest BCUT2D eigenvalue weighted by Crippen LogP contribution is -1.85. The fourth-order valence-electron chi connectivity index (χ4n) is 1.97. The zero-order valence-electron chi connectivity index (χ0n) is 9.32. The maximum absolute atomic E-state index is 10.7. The molecule has 0 aliphatic heterocycles. The summed E-state index contributed by atoms with van der Waals surface area (Å²) in [5.41, 5.74) is 3.23. The third kappa shape index (κ3) is 1.56. The predicted octanol–water partition coefficient (Wildman–Crippen LogP) is 3.11. The lowest BCUT2D eigenvalue weighted by Gasteiger charge is -2.02. The van der Waals surface area contributed by atoms with Crippen LogP contribution in [0.4, 0.5) is 0 Å². The van der Waals surface area contributed by atoms with Crippen molar-refractivity contribution in [1.82, 2.24) is 4.57 Å². The summed E-state index contributed by atoms with van der Waals surface area (Å²) < 4.78 is 2.11. The number of nitrogens with zero attached hydrogens (tertiary/aromatic N) is 1. The molecule has 2 heteroatoms. The zero-order chi connectivity index (χ0) is 11.0. The van der Waals surface area contributed by atoms with Gasteiger partial charge < -0.3 is 4.57 Å². The average molecular weight is 201 g/mol. The van der Waals surface area contributed by atoms with E-state index in [0.29, 0.717) is 5.92 Å². The highest BCUT2D eigenvalue weighted by Crippen LogP contribution is 2.27. The van der Waals surface area contributed by atoms with Crippen molar-refractivity contribution >= 4 is 17.2 Å². The molecular formula is C13H15NO.